The van der Waals surface area contributed by atoms with Crippen molar-refractivity contribution >= 4 is 46.6 Å². The van der Waals surface area contributed by atoms with Crippen LogP contribution in [-0.2, 0) is 0 Å². The number of benzene rings is 1. The predicted molar refractivity (Wildman–Crippen MR) is 130 cm³/mol. The largest absolute Gasteiger partial charge is 0.342 e. The molecule has 0 amide bonds. The Kier molecular flexibility index (Phi) is 5.64. The van der Waals surface area contributed by atoms with Crippen molar-refractivity contribution in [3.8, 4) is 0 Å². The van der Waals surface area contributed by atoms with Crippen LogP contribution in [0.15, 0.2) is 40.4 Å². The SMILES string of the molecule is Cc1nc(N2CCC3(CC2)C[C@@H](C)C[C@H]3C)n2ccnc2c1Sc1cccc(Cl)c1Cl. The normalized spacial score (nSPS) is 23.2. The summed E-state index contributed by atoms with van der Waals surface area (Å²) >= 11 is 14.3. The van der Waals surface area contributed by atoms with Crippen molar-refractivity contribution in [2.75, 3.05) is 18.0 Å². The van der Waals surface area contributed by atoms with E-state index in [1.54, 1.807) is 11.8 Å². The minimum Gasteiger partial charge on any atom is -0.342 e. The molecule has 7 heteroatoms. The van der Waals surface area contributed by atoms with Crippen LogP contribution < -0.4 is 4.90 Å². The van der Waals surface area contributed by atoms with Crippen LogP contribution in [0.5, 0.6) is 0 Å². The lowest BCUT2D eigenvalue weighted by Crippen LogP contribution is -2.42. The number of aryl methyl sites for hydroxylation is 1. The summed E-state index contributed by atoms with van der Waals surface area (Å²) in [6, 6.07) is 5.72. The fourth-order valence-electron chi connectivity index (χ4n) is 5.75. The zero-order valence-electron chi connectivity index (χ0n) is 18.2. The molecule has 0 radical (unpaired) electrons. The molecule has 1 saturated carbocycles. The summed E-state index contributed by atoms with van der Waals surface area (Å²) in [6.07, 6.45) is 9.14. The molecule has 164 valence electrons. The first kappa shape index (κ1) is 21.4. The maximum atomic E-state index is 6.45. The highest BCUT2D eigenvalue weighted by atomic mass is 35.5. The average Bonchev–Trinajstić information content (AvgIpc) is 3.32. The molecule has 1 aromatic carbocycles. The number of nitrogens with zero attached hydrogens (tertiary/aromatic N) is 4. The smallest absolute Gasteiger partial charge is 0.211 e. The van der Waals surface area contributed by atoms with E-state index in [1.807, 2.05) is 30.6 Å². The fraction of sp³-hybridized carbons (Fsp3) is 0.500. The third-order valence-electron chi connectivity index (χ3n) is 7.38. The van der Waals surface area contributed by atoms with Crippen molar-refractivity contribution in [2.45, 2.75) is 56.2 Å². The summed E-state index contributed by atoms with van der Waals surface area (Å²) in [5.74, 6) is 2.69. The van der Waals surface area contributed by atoms with Crippen molar-refractivity contribution in [2.24, 2.45) is 17.3 Å². The molecule has 31 heavy (non-hydrogen) atoms. The Balaban J connectivity index is 1.45. The van der Waals surface area contributed by atoms with Gasteiger partial charge in [0, 0.05) is 30.4 Å². The summed E-state index contributed by atoms with van der Waals surface area (Å²) in [7, 11) is 0. The second-order valence-electron chi connectivity index (χ2n) is 9.40. The van der Waals surface area contributed by atoms with Gasteiger partial charge in [0.05, 0.1) is 20.6 Å². The van der Waals surface area contributed by atoms with E-state index in [1.165, 1.54) is 25.7 Å². The van der Waals surface area contributed by atoms with Crippen LogP contribution in [0.4, 0.5) is 5.95 Å². The van der Waals surface area contributed by atoms with Gasteiger partial charge in [-0.1, -0.05) is 54.9 Å². The molecule has 2 aliphatic rings. The van der Waals surface area contributed by atoms with Crippen LogP contribution in [-0.4, -0.2) is 27.5 Å². The van der Waals surface area contributed by atoms with Gasteiger partial charge in [0.2, 0.25) is 5.95 Å². The van der Waals surface area contributed by atoms with E-state index in [-0.39, 0.29) is 0 Å². The van der Waals surface area contributed by atoms with E-state index < -0.39 is 0 Å². The van der Waals surface area contributed by atoms with Crippen molar-refractivity contribution < 1.29 is 0 Å². The number of halogens is 2. The average molecular weight is 475 g/mol. The summed E-state index contributed by atoms with van der Waals surface area (Å²) < 4.78 is 2.13. The lowest BCUT2D eigenvalue weighted by molar-refractivity contribution is 0.158. The maximum absolute atomic E-state index is 6.45. The Morgan fingerprint density at radius 1 is 1.16 bits per heavy atom. The first-order valence-corrected chi connectivity index (χ1v) is 12.7. The van der Waals surface area contributed by atoms with Crippen LogP contribution >= 0.6 is 35.0 Å². The number of piperidine rings is 1. The summed E-state index contributed by atoms with van der Waals surface area (Å²) in [5, 5.41) is 1.13. The molecule has 3 heterocycles. The molecule has 2 aromatic heterocycles. The van der Waals surface area contributed by atoms with E-state index in [0.29, 0.717) is 15.5 Å². The molecule has 2 atom stereocenters. The number of rotatable bonds is 3. The number of anilines is 1. The predicted octanol–water partition coefficient (Wildman–Crippen LogP) is 7.15. The van der Waals surface area contributed by atoms with Crippen molar-refractivity contribution in [1.29, 1.82) is 0 Å². The van der Waals surface area contributed by atoms with Gasteiger partial charge in [-0.3, -0.25) is 4.40 Å². The minimum absolute atomic E-state index is 0.526. The van der Waals surface area contributed by atoms with Gasteiger partial charge < -0.3 is 4.90 Å². The van der Waals surface area contributed by atoms with Gasteiger partial charge in [0.15, 0.2) is 5.65 Å². The Hall–Kier alpha value is -1.43. The molecule has 1 aliphatic carbocycles. The van der Waals surface area contributed by atoms with Crippen LogP contribution in [0.25, 0.3) is 5.65 Å². The van der Waals surface area contributed by atoms with Crippen LogP contribution in [0.2, 0.25) is 10.0 Å². The molecule has 1 spiro atoms. The summed E-state index contributed by atoms with van der Waals surface area (Å²) in [6.45, 7) is 9.06. The van der Waals surface area contributed by atoms with Gasteiger partial charge in [0.1, 0.15) is 0 Å². The van der Waals surface area contributed by atoms with E-state index in [9.17, 15) is 0 Å². The van der Waals surface area contributed by atoms with E-state index >= 15 is 0 Å². The molecular formula is C24H28Cl2N4S. The molecule has 3 aromatic rings. The molecule has 0 N–H and O–H groups in total. The highest BCUT2D eigenvalue weighted by Gasteiger charge is 2.45. The Morgan fingerprint density at radius 3 is 2.65 bits per heavy atom. The fourth-order valence-corrected chi connectivity index (χ4v) is 7.22. The quantitative estimate of drug-likeness (QED) is 0.403. The lowest BCUT2D eigenvalue weighted by atomic mass is 9.71. The third-order valence-corrected chi connectivity index (χ3v) is 9.56. The van der Waals surface area contributed by atoms with Gasteiger partial charge in [-0.15, -0.1) is 0 Å². The van der Waals surface area contributed by atoms with Crippen molar-refractivity contribution in [1.82, 2.24) is 14.4 Å². The van der Waals surface area contributed by atoms with E-state index in [2.05, 4.69) is 35.1 Å². The number of hydrogen-bond acceptors (Lipinski definition) is 4. The molecule has 1 saturated heterocycles. The third kappa shape index (κ3) is 3.73. The Labute approximate surface area is 198 Å². The molecule has 0 unspecified atom stereocenters. The first-order chi connectivity index (χ1) is 14.9. The summed E-state index contributed by atoms with van der Waals surface area (Å²) in [4.78, 5) is 14.1. The van der Waals surface area contributed by atoms with E-state index in [4.69, 9.17) is 28.2 Å². The standard InChI is InChI=1S/C24H28Cl2N4S/c1-15-13-16(2)24(14-15)7-10-29(11-8-24)23-28-17(3)21(22-27-9-12-30(22)23)31-19-6-4-5-18(25)20(19)26/h4-6,9,12,15-16H,7-8,10-11,13-14H2,1-3H3/t15-,16+/m0/s1. The molecule has 5 rings (SSSR count). The first-order valence-electron chi connectivity index (χ1n) is 11.1. The van der Waals surface area contributed by atoms with Gasteiger partial charge in [0.25, 0.3) is 0 Å². The molecule has 1 aliphatic heterocycles. The van der Waals surface area contributed by atoms with Gasteiger partial charge >= 0.3 is 0 Å². The number of hydrogen-bond donors (Lipinski definition) is 0. The summed E-state index contributed by atoms with van der Waals surface area (Å²) in [5.41, 5.74) is 2.42. The topological polar surface area (TPSA) is 33.4 Å². The highest BCUT2D eigenvalue weighted by molar-refractivity contribution is 7.99. The van der Waals surface area contributed by atoms with Crippen molar-refractivity contribution in [3.63, 3.8) is 0 Å². The Bertz CT molecular complexity index is 1120. The van der Waals surface area contributed by atoms with Crippen LogP contribution in [0.3, 0.4) is 0 Å². The molecule has 2 fully saturated rings. The monoisotopic (exact) mass is 474 g/mol. The zero-order chi connectivity index (χ0) is 21.8. The maximum Gasteiger partial charge on any atom is 0.211 e. The molecule has 4 nitrogen and oxygen atoms in total. The van der Waals surface area contributed by atoms with Gasteiger partial charge in [-0.2, -0.15) is 0 Å². The van der Waals surface area contributed by atoms with Gasteiger partial charge in [-0.25, -0.2) is 9.97 Å². The molecule has 0 bridgehead atoms. The Morgan fingerprint density at radius 2 is 1.94 bits per heavy atom. The number of fused-ring (bicyclic) bond motifs is 1. The van der Waals surface area contributed by atoms with Crippen LogP contribution in [0.1, 0.15) is 45.2 Å². The minimum atomic E-state index is 0.526. The highest BCUT2D eigenvalue weighted by Crippen LogP contribution is 2.53. The molecular weight excluding hydrogens is 447 g/mol. The van der Waals surface area contributed by atoms with Crippen molar-refractivity contribution in [3.05, 3.63) is 46.3 Å². The zero-order valence-corrected chi connectivity index (χ0v) is 20.6. The van der Waals surface area contributed by atoms with E-state index in [0.717, 1.165) is 52.0 Å². The lowest BCUT2D eigenvalue weighted by Gasteiger charge is -2.43. The van der Waals surface area contributed by atoms with Crippen LogP contribution in [0, 0.1) is 24.2 Å². The number of imidazole rings is 1. The number of aromatic nitrogens is 3. The van der Waals surface area contributed by atoms with Gasteiger partial charge in [-0.05, 0) is 62.0 Å². The second-order valence-corrected chi connectivity index (χ2v) is 11.2. The second kappa shape index (κ2) is 8.17.